The van der Waals surface area contributed by atoms with E-state index in [4.69, 9.17) is 24.5 Å². The van der Waals surface area contributed by atoms with E-state index < -0.39 is 11.9 Å². The summed E-state index contributed by atoms with van der Waals surface area (Å²) in [4.78, 5) is 20.8. The standard InChI is InChI=1S/C16H24BrNO.C2H2O4/c1-14-8-11-18(12-9-14)10-4-5-13-19-16-7-3-2-6-15(16)17;3-1(4)2(5)6/h2-3,6-7,14H,4-5,8-13H2,1H3;(H,3,4)(H,5,6). The van der Waals surface area contributed by atoms with Crippen LogP contribution in [0.25, 0.3) is 0 Å². The summed E-state index contributed by atoms with van der Waals surface area (Å²) in [5.41, 5.74) is 0. The van der Waals surface area contributed by atoms with E-state index in [0.717, 1.165) is 29.2 Å². The van der Waals surface area contributed by atoms with E-state index in [-0.39, 0.29) is 0 Å². The highest BCUT2D eigenvalue weighted by Gasteiger charge is 2.14. The molecule has 140 valence electrons. The molecule has 0 unspecified atom stereocenters. The first-order chi connectivity index (χ1) is 11.9. The third-order valence-corrected chi connectivity index (χ3v) is 4.68. The van der Waals surface area contributed by atoms with Crippen molar-refractivity contribution in [1.29, 1.82) is 0 Å². The molecule has 2 rings (SSSR count). The first-order valence-corrected chi connectivity index (χ1v) is 9.25. The average molecular weight is 416 g/mol. The first-order valence-electron chi connectivity index (χ1n) is 8.46. The quantitative estimate of drug-likeness (QED) is 0.545. The molecular weight excluding hydrogens is 390 g/mol. The third-order valence-electron chi connectivity index (χ3n) is 4.02. The fourth-order valence-corrected chi connectivity index (χ4v) is 2.87. The van der Waals surface area contributed by atoms with Gasteiger partial charge in [-0.3, -0.25) is 0 Å². The molecule has 0 amide bonds. The third kappa shape index (κ3) is 9.45. The number of hydrogen-bond acceptors (Lipinski definition) is 4. The minimum absolute atomic E-state index is 0.812. The Morgan fingerprint density at radius 2 is 1.76 bits per heavy atom. The van der Waals surface area contributed by atoms with Crippen molar-refractivity contribution < 1.29 is 24.5 Å². The Labute approximate surface area is 156 Å². The van der Waals surface area contributed by atoms with Crippen molar-refractivity contribution >= 4 is 27.9 Å². The van der Waals surface area contributed by atoms with Gasteiger partial charge in [0, 0.05) is 0 Å². The van der Waals surface area contributed by atoms with Crippen LogP contribution in [0.15, 0.2) is 28.7 Å². The monoisotopic (exact) mass is 415 g/mol. The van der Waals surface area contributed by atoms with Crippen LogP contribution < -0.4 is 4.74 Å². The van der Waals surface area contributed by atoms with Gasteiger partial charge in [0.25, 0.3) is 0 Å². The number of benzene rings is 1. The van der Waals surface area contributed by atoms with Gasteiger partial charge >= 0.3 is 11.9 Å². The molecule has 1 fully saturated rings. The lowest BCUT2D eigenvalue weighted by Gasteiger charge is -2.30. The minimum atomic E-state index is -1.82. The molecule has 1 heterocycles. The van der Waals surface area contributed by atoms with Crippen LogP contribution in [0.1, 0.15) is 32.6 Å². The van der Waals surface area contributed by atoms with Crippen LogP contribution in [-0.2, 0) is 9.59 Å². The normalized spacial score (nSPS) is 15.1. The molecule has 0 saturated carbocycles. The van der Waals surface area contributed by atoms with E-state index in [1.54, 1.807) is 0 Å². The van der Waals surface area contributed by atoms with Crippen LogP contribution in [0.3, 0.4) is 0 Å². The Balaban J connectivity index is 0.000000450. The summed E-state index contributed by atoms with van der Waals surface area (Å²) < 4.78 is 6.82. The highest BCUT2D eigenvalue weighted by Crippen LogP contribution is 2.24. The van der Waals surface area contributed by atoms with Crippen LogP contribution in [0.4, 0.5) is 0 Å². The molecule has 2 N–H and O–H groups in total. The largest absolute Gasteiger partial charge is 0.492 e. The lowest BCUT2D eigenvalue weighted by atomic mass is 9.99. The number of unbranched alkanes of at least 4 members (excludes halogenated alkanes) is 1. The van der Waals surface area contributed by atoms with Gasteiger partial charge in [0.15, 0.2) is 0 Å². The number of likely N-dealkylation sites (tertiary alicyclic amines) is 1. The van der Waals surface area contributed by atoms with Crippen molar-refractivity contribution in [2.75, 3.05) is 26.2 Å². The number of ether oxygens (including phenoxy) is 1. The van der Waals surface area contributed by atoms with Gasteiger partial charge in [0.05, 0.1) is 11.1 Å². The summed E-state index contributed by atoms with van der Waals surface area (Å²) >= 11 is 3.50. The van der Waals surface area contributed by atoms with Crippen LogP contribution >= 0.6 is 15.9 Å². The summed E-state index contributed by atoms with van der Waals surface area (Å²) in [7, 11) is 0. The van der Waals surface area contributed by atoms with E-state index in [2.05, 4.69) is 27.8 Å². The Bertz CT molecular complexity index is 532. The Morgan fingerprint density at radius 3 is 2.32 bits per heavy atom. The summed E-state index contributed by atoms with van der Waals surface area (Å²) in [5, 5.41) is 14.8. The van der Waals surface area contributed by atoms with Crippen molar-refractivity contribution in [3.05, 3.63) is 28.7 Å². The minimum Gasteiger partial charge on any atom is -0.492 e. The second-order valence-electron chi connectivity index (χ2n) is 6.12. The molecule has 6 nitrogen and oxygen atoms in total. The van der Waals surface area contributed by atoms with Crippen LogP contribution in [0.2, 0.25) is 0 Å². The molecule has 1 saturated heterocycles. The van der Waals surface area contributed by atoms with Crippen LogP contribution in [0, 0.1) is 5.92 Å². The SMILES string of the molecule is CC1CCN(CCCCOc2ccccc2Br)CC1.O=C(O)C(=O)O. The second-order valence-corrected chi connectivity index (χ2v) is 6.97. The molecule has 7 heteroatoms. The fraction of sp³-hybridized carbons (Fsp3) is 0.556. The predicted molar refractivity (Wildman–Crippen MR) is 99.0 cm³/mol. The van der Waals surface area contributed by atoms with Gasteiger partial charge in [-0.05, 0) is 79.3 Å². The highest BCUT2D eigenvalue weighted by atomic mass is 79.9. The summed E-state index contributed by atoms with van der Waals surface area (Å²) in [6.45, 7) is 6.97. The van der Waals surface area contributed by atoms with Gasteiger partial charge in [-0.15, -0.1) is 0 Å². The molecule has 1 aliphatic rings. The lowest BCUT2D eigenvalue weighted by Crippen LogP contribution is -2.33. The van der Waals surface area contributed by atoms with Gasteiger partial charge in [0.2, 0.25) is 0 Å². The number of para-hydroxylation sites is 1. The summed E-state index contributed by atoms with van der Waals surface area (Å²) in [6.07, 6.45) is 5.10. The number of rotatable bonds is 6. The van der Waals surface area contributed by atoms with E-state index in [9.17, 15) is 0 Å². The number of hydrogen-bond donors (Lipinski definition) is 2. The summed E-state index contributed by atoms with van der Waals surface area (Å²) in [5.74, 6) is -1.77. The number of halogens is 1. The molecule has 1 aromatic rings. The molecule has 0 spiro atoms. The maximum atomic E-state index is 9.10. The van der Waals surface area contributed by atoms with Gasteiger partial charge in [0.1, 0.15) is 5.75 Å². The Morgan fingerprint density at radius 1 is 1.16 bits per heavy atom. The van der Waals surface area contributed by atoms with Crippen molar-refractivity contribution in [3.63, 3.8) is 0 Å². The molecular formula is C18H26BrNO5. The topological polar surface area (TPSA) is 87.1 Å². The lowest BCUT2D eigenvalue weighted by molar-refractivity contribution is -0.159. The number of carboxylic acids is 2. The highest BCUT2D eigenvalue weighted by molar-refractivity contribution is 9.10. The van der Waals surface area contributed by atoms with E-state index in [1.807, 2.05) is 24.3 Å². The Kier molecular flexibility index (Phi) is 10.2. The van der Waals surface area contributed by atoms with Crippen molar-refractivity contribution in [2.24, 2.45) is 5.92 Å². The molecule has 0 radical (unpaired) electrons. The van der Waals surface area contributed by atoms with Gasteiger partial charge < -0.3 is 19.8 Å². The number of aliphatic carboxylic acids is 2. The van der Waals surface area contributed by atoms with Gasteiger partial charge in [-0.25, -0.2) is 9.59 Å². The van der Waals surface area contributed by atoms with E-state index in [0.29, 0.717) is 0 Å². The smallest absolute Gasteiger partial charge is 0.414 e. The van der Waals surface area contributed by atoms with Crippen molar-refractivity contribution in [3.8, 4) is 5.75 Å². The molecule has 0 atom stereocenters. The van der Waals surface area contributed by atoms with Gasteiger partial charge in [-0.1, -0.05) is 19.1 Å². The number of piperidine rings is 1. The molecule has 1 aliphatic heterocycles. The average Bonchev–Trinajstić information content (AvgIpc) is 2.58. The molecule has 0 aliphatic carbocycles. The molecule has 0 aromatic heterocycles. The maximum Gasteiger partial charge on any atom is 0.414 e. The maximum absolute atomic E-state index is 9.10. The molecule has 25 heavy (non-hydrogen) atoms. The van der Waals surface area contributed by atoms with Crippen LogP contribution in [0.5, 0.6) is 5.75 Å². The zero-order valence-corrected chi connectivity index (χ0v) is 16.1. The zero-order valence-electron chi connectivity index (χ0n) is 14.5. The number of nitrogens with zero attached hydrogens (tertiary/aromatic N) is 1. The zero-order chi connectivity index (χ0) is 18.7. The second kappa shape index (κ2) is 11.9. The van der Waals surface area contributed by atoms with Crippen LogP contribution in [-0.4, -0.2) is 53.3 Å². The fourth-order valence-electron chi connectivity index (χ4n) is 2.47. The first kappa shape index (κ1) is 21.4. The predicted octanol–water partition coefficient (Wildman–Crippen LogP) is 3.50. The number of carboxylic acid groups (broad SMARTS) is 2. The summed E-state index contributed by atoms with van der Waals surface area (Å²) in [6, 6.07) is 8.05. The van der Waals surface area contributed by atoms with Crippen molar-refractivity contribution in [2.45, 2.75) is 32.6 Å². The molecule has 1 aromatic carbocycles. The molecule has 0 bridgehead atoms. The number of carbonyl (C=O) groups is 2. The van der Waals surface area contributed by atoms with Gasteiger partial charge in [-0.2, -0.15) is 0 Å². The van der Waals surface area contributed by atoms with E-state index in [1.165, 1.54) is 38.9 Å². The van der Waals surface area contributed by atoms with Crippen molar-refractivity contribution in [1.82, 2.24) is 4.90 Å². The van der Waals surface area contributed by atoms with E-state index >= 15 is 0 Å². The Hall–Kier alpha value is -1.60.